The first-order valence-corrected chi connectivity index (χ1v) is 9.46. The second kappa shape index (κ2) is 9.41. The van der Waals surface area contributed by atoms with Crippen molar-refractivity contribution in [1.82, 2.24) is 10.3 Å². The molecule has 0 saturated heterocycles. The topological polar surface area (TPSA) is 97.8 Å². The lowest BCUT2D eigenvalue weighted by Crippen LogP contribution is -2.41. The molecule has 0 fully saturated rings. The molecule has 2 aromatic rings. The summed E-state index contributed by atoms with van der Waals surface area (Å²) in [7, 11) is 1.37. The van der Waals surface area contributed by atoms with Crippen LogP contribution in [0.4, 0.5) is 0 Å². The molecule has 7 nitrogen and oxygen atoms in total. The number of carbonyl (C=O) groups excluding carboxylic acids is 2. The minimum absolute atomic E-state index is 0.00783. The van der Waals surface area contributed by atoms with E-state index < -0.39 is 17.9 Å². The fraction of sp³-hybridized carbons (Fsp3) is 0.409. The summed E-state index contributed by atoms with van der Waals surface area (Å²) in [4.78, 5) is 28.7. The van der Waals surface area contributed by atoms with Gasteiger partial charge in [-0.15, -0.1) is 0 Å². The Balaban J connectivity index is 2.02. The number of carbonyl (C=O) groups is 2. The maximum Gasteiger partial charge on any atom is 0.328 e. The van der Waals surface area contributed by atoms with Crippen molar-refractivity contribution in [2.75, 3.05) is 7.11 Å². The molecule has 0 spiro atoms. The van der Waals surface area contributed by atoms with E-state index in [1.54, 1.807) is 0 Å². The average Bonchev–Trinajstić information content (AvgIpc) is 2.67. The number of rotatable bonds is 7. The van der Waals surface area contributed by atoms with Gasteiger partial charge in [-0.1, -0.05) is 30.7 Å². The van der Waals surface area contributed by atoms with Crippen LogP contribution in [-0.4, -0.2) is 41.2 Å². The molecule has 0 radical (unpaired) electrons. The summed E-state index contributed by atoms with van der Waals surface area (Å²) in [5.41, 5.74) is 3.20. The summed E-state index contributed by atoms with van der Waals surface area (Å²) in [5, 5.41) is 12.5. The zero-order chi connectivity index (χ0) is 21.7. The van der Waals surface area contributed by atoms with E-state index in [0.717, 1.165) is 11.1 Å². The molecule has 0 aliphatic carbocycles. The summed E-state index contributed by atoms with van der Waals surface area (Å²) in [6.07, 6.45) is 0.955. The van der Waals surface area contributed by atoms with E-state index in [1.165, 1.54) is 31.9 Å². The first kappa shape index (κ1) is 22.2. The Morgan fingerprint density at radius 2 is 1.83 bits per heavy atom. The largest absolute Gasteiger partial charge is 0.503 e. The average molecular weight is 400 g/mol. The first-order chi connectivity index (χ1) is 13.6. The SMILES string of the molecule is COc1ccnc(C(=O)N[C@@H](C)C(=O)OC(C)C(C)c2ccc(C)cc2C)c1O. The predicted molar refractivity (Wildman–Crippen MR) is 109 cm³/mol. The van der Waals surface area contributed by atoms with Crippen LogP contribution in [0, 0.1) is 13.8 Å². The van der Waals surface area contributed by atoms with Gasteiger partial charge < -0.3 is 19.9 Å². The number of pyridine rings is 1. The third-order valence-electron chi connectivity index (χ3n) is 4.95. The van der Waals surface area contributed by atoms with E-state index >= 15 is 0 Å². The number of nitrogens with one attached hydrogen (secondary N) is 1. The molecule has 3 atom stereocenters. The molecule has 1 amide bonds. The van der Waals surface area contributed by atoms with Crippen LogP contribution < -0.4 is 10.1 Å². The van der Waals surface area contributed by atoms with Gasteiger partial charge in [-0.3, -0.25) is 4.79 Å². The molecule has 156 valence electrons. The fourth-order valence-corrected chi connectivity index (χ4v) is 3.07. The van der Waals surface area contributed by atoms with Crippen LogP contribution in [-0.2, 0) is 9.53 Å². The van der Waals surface area contributed by atoms with Crippen LogP contribution in [0.25, 0.3) is 0 Å². The lowest BCUT2D eigenvalue weighted by Gasteiger charge is -2.24. The number of aryl methyl sites for hydroxylation is 2. The zero-order valence-corrected chi connectivity index (χ0v) is 17.6. The van der Waals surface area contributed by atoms with Gasteiger partial charge in [0.25, 0.3) is 5.91 Å². The lowest BCUT2D eigenvalue weighted by atomic mass is 9.91. The molecule has 7 heteroatoms. The number of hydrogen-bond donors (Lipinski definition) is 2. The summed E-state index contributed by atoms with van der Waals surface area (Å²) < 4.78 is 10.5. The molecule has 1 heterocycles. The smallest absolute Gasteiger partial charge is 0.328 e. The van der Waals surface area contributed by atoms with E-state index in [4.69, 9.17) is 9.47 Å². The van der Waals surface area contributed by atoms with Gasteiger partial charge in [0.1, 0.15) is 12.1 Å². The highest BCUT2D eigenvalue weighted by Gasteiger charge is 2.26. The van der Waals surface area contributed by atoms with Crippen molar-refractivity contribution in [2.45, 2.75) is 52.7 Å². The third kappa shape index (κ3) is 5.25. The molecular weight excluding hydrogens is 372 g/mol. The number of ether oxygens (including phenoxy) is 2. The zero-order valence-electron chi connectivity index (χ0n) is 17.6. The molecule has 1 aromatic carbocycles. The molecule has 0 bridgehead atoms. The highest BCUT2D eigenvalue weighted by Crippen LogP contribution is 2.28. The number of hydrogen-bond acceptors (Lipinski definition) is 6. The second-order valence-corrected chi connectivity index (χ2v) is 7.20. The summed E-state index contributed by atoms with van der Waals surface area (Å²) in [6, 6.07) is 6.69. The highest BCUT2D eigenvalue weighted by atomic mass is 16.5. The highest BCUT2D eigenvalue weighted by molar-refractivity contribution is 5.97. The number of methoxy groups -OCH3 is 1. The Hall–Kier alpha value is -3.09. The number of nitrogens with zero attached hydrogens (tertiary/aromatic N) is 1. The van der Waals surface area contributed by atoms with Crippen molar-refractivity contribution in [3.63, 3.8) is 0 Å². The van der Waals surface area contributed by atoms with Gasteiger partial charge in [-0.2, -0.15) is 0 Å². The van der Waals surface area contributed by atoms with Gasteiger partial charge in [0.2, 0.25) is 0 Å². The maximum absolute atomic E-state index is 12.5. The van der Waals surface area contributed by atoms with Crippen LogP contribution >= 0.6 is 0 Å². The van der Waals surface area contributed by atoms with E-state index in [9.17, 15) is 14.7 Å². The number of aromatic hydroxyl groups is 1. The van der Waals surface area contributed by atoms with Crippen molar-refractivity contribution in [1.29, 1.82) is 0 Å². The standard InChI is InChI=1S/C22H28N2O5/c1-12-7-8-17(13(2)11-12)14(3)16(5)29-22(27)15(4)24-21(26)19-20(25)18(28-6)9-10-23-19/h7-11,14-16,25H,1-6H3,(H,24,26)/t14?,15-,16?/m0/s1. The molecular formula is C22H28N2O5. The number of benzene rings is 1. The lowest BCUT2D eigenvalue weighted by molar-refractivity contribution is -0.151. The molecule has 0 aliphatic heterocycles. The Kier molecular flexibility index (Phi) is 7.20. The van der Waals surface area contributed by atoms with E-state index in [2.05, 4.69) is 16.4 Å². The minimum Gasteiger partial charge on any atom is -0.503 e. The van der Waals surface area contributed by atoms with Gasteiger partial charge in [0, 0.05) is 18.2 Å². The number of esters is 1. The van der Waals surface area contributed by atoms with Gasteiger partial charge in [-0.25, -0.2) is 9.78 Å². The number of aromatic nitrogens is 1. The minimum atomic E-state index is -0.913. The molecule has 2 rings (SSSR count). The van der Waals surface area contributed by atoms with Crippen molar-refractivity contribution >= 4 is 11.9 Å². The summed E-state index contributed by atoms with van der Waals surface area (Å²) in [5.74, 6) is -1.53. The van der Waals surface area contributed by atoms with E-state index in [-0.39, 0.29) is 29.2 Å². The summed E-state index contributed by atoms with van der Waals surface area (Å²) >= 11 is 0. The van der Waals surface area contributed by atoms with Gasteiger partial charge in [-0.05, 0) is 38.8 Å². The van der Waals surface area contributed by atoms with Crippen LogP contribution in [0.1, 0.15) is 53.9 Å². The van der Waals surface area contributed by atoms with Crippen molar-refractivity contribution in [3.8, 4) is 11.5 Å². The third-order valence-corrected chi connectivity index (χ3v) is 4.95. The van der Waals surface area contributed by atoms with Crippen LogP contribution in [0.3, 0.4) is 0 Å². The first-order valence-electron chi connectivity index (χ1n) is 9.46. The molecule has 29 heavy (non-hydrogen) atoms. The van der Waals surface area contributed by atoms with Gasteiger partial charge in [0.15, 0.2) is 17.2 Å². The van der Waals surface area contributed by atoms with Gasteiger partial charge in [0.05, 0.1) is 7.11 Å². The van der Waals surface area contributed by atoms with Crippen molar-refractivity contribution in [2.24, 2.45) is 0 Å². The van der Waals surface area contributed by atoms with Crippen molar-refractivity contribution < 1.29 is 24.2 Å². The van der Waals surface area contributed by atoms with Crippen LogP contribution in [0.5, 0.6) is 11.5 Å². The second-order valence-electron chi connectivity index (χ2n) is 7.20. The van der Waals surface area contributed by atoms with Crippen molar-refractivity contribution in [3.05, 3.63) is 52.8 Å². The molecule has 0 aliphatic rings. The number of amides is 1. The Bertz CT molecular complexity index is 897. The Labute approximate surface area is 171 Å². The quantitative estimate of drug-likeness (QED) is 0.693. The normalized spacial score (nSPS) is 13.9. The fourth-order valence-electron chi connectivity index (χ4n) is 3.07. The van der Waals surface area contributed by atoms with Gasteiger partial charge >= 0.3 is 5.97 Å². The molecule has 2 unspecified atom stereocenters. The molecule has 1 aromatic heterocycles. The molecule has 2 N–H and O–H groups in total. The van der Waals surface area contributed by atoms with Crippen LogP contribution in [0.15, 0.2) is 30.5 Å². The molecule has 0 saturated carbocycles. The Morgan fingerprint density at radius 1 is 1.14 bits per heavy atom. The maximum atomic E-state index is 12.5. The van der Waals surface area contributed by atoms with E-state index in [0.29, 0.717) is 0 Å². The predicted octanol–water partition coefficient (Wildman–Crippen LogP) is 3.27. The van der Waals surface area contributed by atoms with Crippen LogP contribution in [0.2, 0.25) is 0 Å². The summed E-state index contributed by atoms with van der Waals surface area (Å²) in [6.45, 7) is 9.41. The Morgan fingerprint density at radius 3 is 2.45 bits per heavy atom. The van der Waals surface area contributed by atoms with E-state index in [1.807, 2.05) is 39.8 Å². The monoisotopic (exact) mass is 400 g/mol.